The predicted molar refractivity (Wildman–Crippen MR) is 122 cm³/mol. The first-order valence-electron chi connectivity index (χ1n) is 9.07. The summed E-state index contributed by atoms with van der Waals surface area (Å²) in [6.07, 6.45) is -0.0352. The molecule has 1 aliphatic heterocycles. The summed E-state index contributed by atoms with van der Waals surface area (Å²) in [6, 6.07) is 10.1. The molecule has 0 saturated heterocycles. The fourth-order valence-electron chi connectivity index (χ4n) is 2.89. The van der Waals surface area contributed by atoms with Crippen molar-refractivity contribution in [3.8, 4) is 0 Å². The topological polar surface area (TPSA) is 78.5 Å². The smallest absolute Gasteiger partial charge is 0.244 e. The van der Waals surface area contributed by atoms with Crippen molar-refractivity contribution in [3.63, 3.8) is 0 Å². The summed E-state index contributed by atoms with van der Waals surface area (Å²) in [5.74, 6) is -1.00. The average molecular weight is 487 g/mol. The molecular formula is C20H18Cl3N3O3S. The van der Waals surface area contributed by atoms with Crippen molar-refractivity contribution >= 4 is 75.7 Å². The van der Waals surface area contributed by atoms with E-state index in [2.05, 4.69) is 10.6 Å². The monoisotopic (exact) mass is 485 g/mol. The molecule has 6 nitrogen and oxygen atoms in total. The molecule has 2 aromatic carbocycles. The van der Waals surface area contributed by atoms with Crippen molar-refractivity contribution in [3.05, 3.63) is 51.5 Å². The Morgan fingerprint density at radius 2 is 1.87 bits per heavy atom. The van der Waals surface area contributed by atoms with Crippen LogP contribution in [0.15, 0.2) is 41.3 Å². The molecule has 1 atom stereocenters. The van der Waals surface area contributed by atoms with Crippen LogP contribution in [0.25, 0.3) is 0 Å². The number of carbonyl (C=O) groups excluding carboxylic acids is 3. The summed E-state index contributed by atoms with van der Waals surface area (Å²) in [6.45, 7) is 1.90. The number of nitrogens with one attached hydrogen (secondary N) is 2. The van der Waals surface area contributed by atoms with E-state index in [4.69, 9.17) is 34.8 Å². The zero-order chi connectivity index (χ0) is 21.8. The molecule has 0 bridgehead atoms. The highest BCUT2D eigenvalue weighted by molar-refractivity contribution is 8.01. The van der Waals surface area contributed by atoms with Crippen molar-refractivity contribution < 1.29 is 14.4 Å². The molecule has 0 aromatic heterocycles. The molecule has 0 spiro atoms. The maximum absolute atomic E-state index is 12.8. The Morgan fingerprint density at radius 1 is 1.17 bits per heavy atom. The summed E-state index contributed by atoms with van der Waals surface area (Å²) < 4.78 is 0. The van der Waals surface area contributed by atoms with Crippen LogP contribution in [0.4, 0.5) is 11.4 Å². The van der Waals surface area contributed by atoms with Gasteiger partial charge < -0.3 is 15.5 Å². The van der Waals surface area contributed by atoms with Crippen molar-refractivity contribution in [1.29, 1.82) is 0 Å². The van der Waals surface area contributed by atoms with Crippen LogP contribution in [0.1, 0.15) is 13.3 Å². The maximum atomic E-state index is 12.8. The van der Waals surface area contributed by atoms with Gasteiger partial charge in [-0.1, -0.05) is 40.9 Å². The maximum Gasteiger partial charge on any atom is 0.244 e. The second-order valence-electron chi connectivity index (χ2n) is 6.49. The summed E-state index contributed by atoms with van der Waals surface area (Å²) in [5.41, 5.74) is 0.927. The van der Waals surface area contributed by atoms with E-state index >= 15 is 0 Å². The normalized spacial score (nSPS) is 15.2. The van der Waals surface area contributed by atoms with Gasteiger partial charge in [-0.2, -0.15) is 0 Å². The fraction of sp³-hybridized carbons (Fsp3) is 0.250. The number of para-hydroxylation sites is 1. The van der Waals surface area contributed by atoms with Crippen LogP contribution >= 0.6 is 46.6 Å². The van der Waals surface area contributed by atoms with Crippen molar-refractivity contribution in [2.45, 2.75) is 23.5 Å². The van der Waals surface area contributed by atoms with Crippen LogP contribution in [-0.4, -0.2) is 41.0 Å². The number of fused-ring (bicyclic) bond motifs is 1. The van der Waals surface area contributed by atoms with Crippen LogP contribution in [0.5, 0.6) is 0 Å². The number of likely N-dealkylation sites (N-methyl/N-ethyl adjacent to an activating group) is 1. The number of hydrogen-bond donors (Lipinski definition) is 2. The number of amides is 3. The van der Waals surface area contributed by atoms with Crippen LogP contribution in [0.3, 0.4) is 0 Å². The molecule has 0 fully saturated rings. The van der Waals surface area contributed by atoms with Gasteiger partial charge in [0.2, 0.25) is 17.7 Å². The van der Waals surface area contributed by atoms with Crippen LogP contribution < -0.4 is 10.6 Å². The molecular weight excluding hydrogens is 469 g/mol. The third kappa shape index (κ3) is 5.40. The van der Waals surface area contributed by atoms with E-state index in [1.165, 1.54) is 16.7 Å². The molecule has 1 heterocycles. The molecule has 3 rings (SSSR count). The summed E-state index contributed by atoms with van der Waals surface area (Å²) >= 11 is 19.4. The lowest BCUT2D eigenvalue weighted by atomic mass is 10.2. The van der Waals surface area contributed by atoms with Crippen molar-refractivity contribution in [2.24, 2.45) is 0 Å². The molecule has 10 heteroatoms. The van der Waals surface area contributed by atoms with Gasteiger partial charge in [-0.05, 0) is 37.3 Å². The van der Waals surface area contributed by atoms with E-state index in [1.807, 2.05) is 0 Å². The SMILES string of the molecule is CCN(CC(=O)Nc1c(Cl)cccc1Cl)C(=O)C[C@@H]1Sc2ccc(Cl)cc2NC1=O. The molecule has 1 aliphatic rings. The number of rotatable bonds is 6. The lowest BCUT2D eigenvalue weighted by Gasteiger charge is -2.26. The predicted octanol–water partition coefficient (Wildman–Crippen LogP) is 4.94. The molecule has 0 radical (unpaired) electrons. The molecule has 3 amide bonds. The molecule has 0 saturated carbocycles. The standard InChI is InChI=1S/C20H18Cl3N3O3S/c1-2-26(10-17(27)25-19-12(22)4-3-5-13(19)23)18(28)9-16-20(29)24-14-8-11(21)6-7-15(14)30-16/h3-8,16H,2,9-10H2,1H3,(H,24,29)(H,25,27)/t16-/m0/s1. The first kappa shape index (κ1) is 22.7. The van der Waals surface area contributed by atoms with E-state index in [1.54, 1.807) is 43.3 Å². The lowest BCUT2D eigenvalue weighted by Crippen LogP contribution is -2.41. The Morgan fingerprint density at radius 3 is 2.53 bits per heavy atom. The van der Waals surface area contributed by atoms with E-state index in [-0.39, 0.29) is 24.8 Å². The minimum Gasteiger partial charge on any atom is -0.334 e. The molecule has 0 aliphatic carbocycles. The van der Waals surface area contributed by atoms with Crippen molar-refractivity contribution in [2.75, 3.05) is 23.7 Å². The number of thioether (sulfide) groups is 1. The zero-order valence-corrected chi connectivity index (χ0v) is 19.0. The van der Waals surface area contributed by atoms with E-state index < -0.39 is 11.2 Å². The molecule has 2 N–H and O–H groups in total. The summed E-state index contributed by atoms with van der Waals surface area (Å²) in [7, 11) is 0. The van der Waals surface area contributed by atoms with Gasteiger partial charge in [-0.25, -0.2) is 0 Å². The minimum absolute atomic E-state index is 0.0352. The number of nitrogens with zero attached hydrogens (tertiary/aromatic N) is 1. The van der Waals surface area contributed by atoms with Gasteiger partial charge in [-0.15, -0.1) is 11.8 Å². The highest BCUT2D eigenvalue weighted by Gasteiger charge is 2.31. The highest BCUT2D eigenvalue weighted by atomic mass is 35.5. The van der Waals surface area contributed by atoms with Gasteiger partial charge in [-0.3, -0.25) is 14.4 Å². The Hall–Kier alpha value is -1.93. The third-order valence-corrected chi connectivity index (χ3v) is 6.56. The van der Waals surface area contributed by atoms with Gasteiger partial charge in [0.15, 0.2) is 0 Å². The zero-order valence-electron chi connectivity index (χ0n) is 15.9. The second-order valence-corrected chi connectivity index (χ2v) is 8.99. The number of halogens is 3. The number of hydrogen-bond acceptors (Lipinski definition) is 4. The van der Waals surface area contributed by atoms with E-state index in [9.17, 15) is 14.4 Å². The largest absolute Gasteiger partial charge is 0.334 e. The van der Waals surface area contributed by atoms with E-state index in [0.717, 1.165) is 4.90 Å². The first-order valence-corrected chi connectivity index (χ1v) is 11.1. The Balaban J connectivity index is 1.63. The number of benzene rings is 2. The molecule has 2 aromatic rings. The summed E-state index contributed by atoms with van der Waals surface area (Å²) in [4.78, 5) is 39.8. The van der Waals surface area contributed by atoms with E-state index in [0.29, 0.717) is 33.0 Å². The minimum atomic E-state index is -0.596. The van der Waals surface area contributed by atoms with Gasteiger partial charge in [0.1, 0.15) is 0 Å². The van der Waals surface area contributed by atoms with Gasteiger partial charge >= 0.3 is 0 Å². The highest BCUT2D eigenvalue weighted by Crippen LogP contribution is 2.38. The summed E-state index contributed by atoms with van der Waals surface area (Å²) in [5, 5.41) is 5.94. The molecule has 0 unspecified atom stereocenters. The van der Waals surface area contributed by atoms with Crippen LogP contribution in [0, 0.1) is 0 Å². The van der Waals surface area contributed by atoms with Crippen LogP contribution in [0.2, 0.25) is 15.1 Å². The van der Waals surface area contributed by atoms with Crippen molar-refractivity contribution in [1.82, 2.24) is 4.90 Å². The third-order valence-electron chi connectivity index (χ3n) is 4.42. The Bertz CT molecular complexity index is 982. The number of anilines is 2. The van der Waals surface area contributed by atoms with Crippen LogP contribution in [-0.2, 0) is 14.4 Å². The Kier molecular flexibility index (Phi) is 7.52. The molecule has 158 valence electrons. The second kappa shape index (κ2) is 9.92. The lowest BCUT2D eigenvalue weighted by molar-refractivity contribution is -0.135. The average Bonchev–Trinajstić information content (AvgIpc) is 2.69. The van der Waals surface area contributed by atoms with Gasteiger partial charge in [0.25, 0.3) is 0 Å². The van der Waals surface area contributed by atoms with Gasteiger partial charge in [0.05, 0.1) is 33.2 Å². The fourth-order valence-corrected chi connectivity index (χ4v) is 4.64. The van der Waals surface area contributed by atoms with Gasteiger partial charge in [0, 0.05) is 22.9 Å². The Labute approximate surface area is 193 Å². The first-order chi connectivity index (χ1) is 14.3. The quantitative estimate of drug-likeness (QED) is 0.606. The number of carbonyl (C=O) groups is 3. The molecule has 30 heavy (non-hydrogen) atoms.